The van der Waals surface area contributed by atoms with Gasteiger partial charge in [0.05, 0.1) is 11.3 Å². The zero-order chi connectivity index (χ0) is 16.5. The van der Waals surface area contributed by atoms with E-state index in [2.05, 4.69) is 17.3 Å². The SMILES string of the molecule is Cc1ccc(-n2cc(C(=O)NC3CC3)c(-c3ccccc3)n2)cc1. The summed E-state index contributed by atoms with van der Waals surface area (Å²) in [5.41, 5.74) is 4.43. The Bertz CT molecular complexity index is 862. The van der Waals surface area contributed by atoms with Gasteiger partial charge < -0.3 is 5.32 Å². The molecule has 4 nitrogen and oxygen atoms in total. The van der Waals surface area contributed by atoms with E-state index in [1.165, 1.54) is 5.56 Å². The molecule has 1 amide bonds. The van der Waals surface area contributed by atoms with Gasteiger partial charge in [-0.05, 0) is 31.9 Å². The Morgan fingerprint density at radius 1 is 1.08 bits per heavy atom. The second kappa shape index (κ2) is 5.96. The Labute approximate surface area is 141 Å². The zero-order valence-corrected chi connectivity index (χ0v) is 13.6. The van der Waals surface area contributed by atoms with Crippen molar-refractivity contribution in [3.05, 3.63) is 71.9 Å². The standard InChI is InChI=1S/C20H19N3O/c1-14-7-11-17(12-8-14)23-13-18(20(24)21-16-9-10-16)19(22-23)15-5-3-2-4-6-15/h2-8,11-13,16H,9-10H2,1H3,(H,21,24). The second-order valence-electron chi connectivity index (χ2n) is 6.29. The lowest BCUT2D eigenvalue weighted by Crippen LogP contribution is -2.25. The van der Waals surface area contributed by atoms with Crippen molar-refractivity contribution < 1.29 is 4.79 Å². The van der Waals surface area contributed by atoms with E-state index in [0.29, 0.717) is 17.3 Å². The summed E-state index contributed by atoms with van der Waals surface area (Å²) in [7, 11) is 0. The molecule has 2 aromatic carbocycles. The lowest BCUT2D eigenvalue weighted by molar-refractivity contribution is 0.0951. The van der Waals surface area contributed by atoms with Crippen molar-refractivity contribution >= 4 is 5.91 Å². The van der Waals surface area contributed by atoms with E-state index in [1.807, 2.05) is 60.8 Å². The Hall–Kier alpha value is -2.88. The fourth-order valence-electron chi connectivity index (χ4n) is 2.67. The molecule has 0 radical (unpaired) electrons. The highest BCUT2D eigenvalue weighted by molar-refractivity contribution is 6.00. The fourth-order valence-corrected chi connectivity index (χ4v) is 2.67. The number of aromatic nitrogens is 2. The molecule has 0 spiro atoms. The smallest absolute Gasteiger partial charge is 0.255 e. The number of aryl methyl sites for hydroxylation is 1. The Balaban J connectivity index is 1.77. The quantitative estimate of drug-likeness (QED) is 0.797. The number of hydrogen-bond acceptors (Lipinski definition) is 2. The number of nitrogens with one attached hydrogen (secondary N) is 1. The number of benzene rings is 2. The van der Waals surface area contributed by atoms with E-state index >= 15 is 0 Å². The van der Waals surface area contributed by atoms with Gasteiger partial charge in [0.15, 0.2) is 0 Å². The maximum Gasteiger partial charge on any atom is 0.255 e. The van der Waals surface area contributed by atoms with Crippen LogP contribution in [-0.2, 0) is 0 Å². The third-order valence-electron chi connectivity index (χ3n) is 4.22. The lowest BCUT2D eigenvalue weighted by atomic mass is 10.1. The van der Waals surface area contributed by atoms with Gasteiger partial charge in [0.2, 0.25) is 0 Å². The van der Waals surface area contributed by atoms with E-state index in [9.17, 15) is 4.79 Å². The van der Waals surface area contributed by atoms with Gasteiger partial charge in [0.25, 0.3) is 5.91 Å². The van der Waals surface area contributed by atoms with Crippen molar-refractivity contribution in [2.45, 2.75) is 25.8 Å². The predicted molar refractivity (Wildman–Crippen MR) is 94.2 cm³/mol. The third-order valence-corrected chi connectivity index (χ3v) is 4.22. The van der Waals surface area contributed by atoms with Crippen LogP contribution in [0.4, 0.5) is 0 Å². The van der Waals surface area contributed by atoms with Crippen molar-refractivity contribution in [2.24, 2.45) is 0 Å². The molecular weight excluding hydrogens is 298 g/mol. The normalized spacial score (nSPS) is 13.7. The highest BCUT2D eigenvalue weighted by atomic mass is 16.1. The van der Waals surface area contributed by atoms with Gasteiger partial charge in [-0.3, -0.25) is 4.79 Å². The van der Waals surface area contributed by atoms with Gasteiger partial charge >= 0.3 is 0 Å². The number of carbonyl (C=O) groups is 1. The Morgan fingerprint density at radius 2 is 1.79 bits per heavy atom. The summed E-state index contributed by atoms with van der Waals surface area (Å²) >= 11 is 0. The van der Waals surface area contributed by atoms with E-state index in [1.54, 1.807) is 4.68 Å². The molecule has 0 atom stereocenters. The topological polar surface area (TPSA) is 46.9 Å². The second-order valence-corrected chi connectivity index (χ2v) is 6.29. The summed E-state index contributed by atoms with van der Waals surface area (Å²) in [6.45, 7) is 2.05. The maximum atomic E-state index is 12.6. The molecule has 4 heteroatoms. The van der Waals surface area contributed by atoms with Crippen LogP contribution in [0.1, 0.15) is 28.8 Å². The van der Waals surface area contributed by atoms with Crippen LogP contribution in [0, 0.1) is 6.92 Å². The van der Waals surface area contributed by atoms with Crippen molar-refractivity contribution in [2.75, 3.05) is 0 Å². The van der Waals surface area contributed by atoms with E-state index in [4.69, 9.17) is 0 Å². The molecule has 1 aliphatic rings. The van der Waals surface area contributed by atoms with Crippen LogP contribution >= 0.6 is 0 Å². The summed E-state index contributed by atoms with van der Waals surface area (Å²) in [5.74, 6) is -0.0466. The minimum Gasteiger partial charge on any atom is -0.349 e. The average molecular weight is 317 g/mol. The van der Waals surface area contributed by atoms with Gasteiger partial charge in [0, 0.05) is 17.8 Å². The molecule has 1 aromatic heterocycles. The van der Waals surface area contributed by atoms with Crippen LogP contribution in [0.25, 0.3) is 16.9 Å². The molecule has 1 aliphatic carbocycles. The van der Waals surface area contributed by atoms with Gasteiger partial charge in [-0.15, -0.1) is 0 Å². The highest BCUT2D eigenvalue weighted by Crippen LogP contribution is 2.25. The Kier molecular flexibility index (Phi) is 3.65. The van der Waals surface area contributed by atoms with Crippen LogP contribution in [0.3, 0.4) is 0 Å². The first-order valence-electron chi connectivity index (χ1n) is 8.24. The number of rotatable bonds is 4. The summed E-state index contributed by atoms with van der Waals surface area (Å²) in [4.78, 5) is 12.6. The summed E-state index contributed by atoms with van der Waals surface area (Å²) in [6, 6.07) is 18.3. The van der Waals surface area contributed by atoms with E-state index in [0.717, 1.165) is 24.1 Å². The molecule has 120 valence electrons. The minimum atomic E-state index is -0.0466. The molecule has 1 heterocycles. The summed E-state index contributed by atoms with van der Waals surface area (Å²) < 4.78 is 1.78. The molecule has 1 N–H and O–H groups in total. The van der Waals surface area contributed by atoms with Gasteiger partial charge in [-0.2, -0.15) is 5.10 Å². The number of hydrogen-bond donors (Lipinski definition) is 1. The Morgan fingerprint density at radius 3 is 2.46 bits per heavy atom. The predicted octanol–water partition coefficient (Wildman–Crippen LogP) is 3.74. The number of carbonyl (C=O) groups excluding carboxylic acids is 1. The molecule has 1 fully saturated rings. The molecule has 0 unspecified atom stereocenters. The highest BCUT2D eigenvalue weighted by Gasteiger charge is 2.26. The minimum absolute atomic E-state index is 0.0466. The van der Waals surface area contributed by atoms with Crippen LogP contribution in [0.15, 0.2) is 60.8 Å². The molecular formula is C20H19N3O. The molecule has 3 aromatic rings. The first-order chi connectivity index (χ1) is 11.7. The van der Waals surface area contributed by atoms with Crippen LogP contribution < -0.4 is 5.32 Å². The van der Waals surface area contributed by atoms with E-state index in [-0.39, 0.29) is 5.91 Å². The number of amides is 1. The largest absolute Gasteiger partial charge is 0.349 e. The fraction of sp³-hybridized carbons (Fsp3) is 0.200. The van der Waals surface area contributed by atoms with Crippen LogP contribution in [0.5, 0.6) is 0 Å². The molecule has 1 saturated carbocycles. The monoisotopic (exact) mass is 317 g/mol. The van der Waals surface area contributed by atoms with Crippen LogP contribution in [-0.4, -0.2) is 21.7 Å². The van der Waals surface area contributed by atoms with Gasteiger partial charge in [0.1, 0.15) is 5.69 Å². The zero-order valence-electron chi connectivity index (χ0n) is 13.6. The van der Waals surface area contributed by atoms with Crippen molar-refractivity contribution in [1.82, 2.24) is 15.1 Å². The number of nitrogens with zero attached hydrogens (tertiary/aromatic N) is 2. The molecule has 0 bridgehead atoms. The first kappa shape index (κ1) is 14.7. The van der Waals surface area contributed by atoms with Crippen molar-refractivity contribution in [1.29, 1.82) is 0 Å². The van der Waals surface area contributed by atoms with Crippen LogP contribution in [0.2, 0.25) is 0 Å². The summed E-state index contributed by atoms with van der Waals surface area (Å²) in [5, 5.41) is 7.75. The lowest BCUT2D eigenvalue weighted by Gasteiger charge is -2.03. The van der Waals surface area contributed by atoms with Crippen molar-refractivity contribution in [3.63, 3.8) is 0 Å². The van der Waals surface area contributed by atoms with Gasteiger partial charge in [-0.1, -0.05) is 48.0 Å². The first-order valence-corrected chi connectivity index (χ1v) is 8.24. The molecule has 0 aliphatic heterocycles. The average Bonchev–Trinajstić information content (AvgIpc) is 3.31. The van der Waals surface area contributed by atoms with Crippen molar-refractivity contribution in [3.8, 4) is 16.9 Å². The molecule has 24 heavy (non-hydrogen) atoms. The van der Waals surface area contributed by atoms with E-state index < -0.39 is 0 Å². The summed E-state index contributed by atoms with van der Waals surface area (Å²) in [6.07, 6.45) is 3.96. The molecule has 4 rings (SSSR count). The molecule has 0 saturated heterocycles. The van der Waals surface area contributed by atoms with Gasteiger partial charge in [-0.25, -0.2) is 4.68 Å². The third kappa shape index (κ3) is 2.95. The maximum absolute atomic E-state index is 12.6.